The number of aliphatic imine (C=N–C) groups is 1. The van der Waals surface area contributed by atoms with Crippen molar-refractivity contribution in [2.45, 2.75) is 12.8 Å². The summed E-state index contributed by atoms with van der Waals surface area (Å²) in [5.41, 5.74) is 0. The maximum atomic E-state index is 4.29. The maximum absolute atomic E-state index is 4.29. The third-order valence-corrected chi connectivity index (χ3v) is 1.85. The van der Waals surface area contributed by atoms with Crippen molar-refractivity contribution in [3.05, 3.63) is 0 Å². The van der Waals surface area contributed by atoms with Gasteiger partial charge in [-0.2, -0.15) is 12.6 Å². The van der Waals surface area contributed by atoms with Gasteiger partial charge in [0.1, 0.15) is 0 Å². The second kappa shape index (κ2) is 5.43. The summed E-state index contributed by atoms with van der Waals surface area (Å²) in [6.45, 7) is 3.01. The molecule has 0 radical (unpaired) electrons. The van der Waals surface area contributed by atoms with Crippen LogP contribution in [0.4, 0.5) is 0 Å². The largest absolute Gasteiger partial charge is 0.372 e. The average molecular weight is 173 g/mol. The molecule has 0 aromatic rings. The molecule has 64 valence electrons. The van der Waals surface area contributed by atoms with E-state index < -0.39 is 0 Å². The van der Waals surface area contributed by atoms with Crippen molar-refractivity contribution >= 4 is 18.5 Å². The first-order valence-corrected chi connectivity index (χ1v) is 4.65. The lowest BCUT2D eigenvalue weighted by atomic mass is 10.3. The molecular weight excluding hydrogens is 158 g/mol. The summed E-state index contributed by atoms with van der Waals surface area (Å²) >= 11 is 4.05. The first kappa shape index (κ1) is 8.87. The summed E-state index contributed by atoms with van der Waals surface area (Å²) in [6.07, 6.45) is 2.22. The van der Waals surface area contributed by atoms with E-state index in [1.807, 2.05) is 0 Å². The lowest BCUT2D eigenvalue weighted by Gasteiger charge is -2.01. The van der Waals surface area contributed by atoms with Gasteiger partial charge in [0.05, 0.1) is 12.4 Å². The highest BCUT2D eigenvalue weighted by Gasteiger charge is 2.02. The second-order valence-corrected chi connectivity index (χ2v) is 2.83. The number of thiol groups is 1. The van der Waals surface area contributed by atoms with Crippen molar-refractivity contribution in [1.29, 1.82) is 0 Å². The SMILES string of the molecule is SCNCCCC1=NCCN1. The Labute approximate surface area is 73.1 Å². The van der Waals surface area contributed by atoms with E-state index in [9.17, 15) is 0 Å². The first-order chi connectivity index (χ1) is 5.43. The molecule has 0 bridgehead atoms. The quantitative estimate of drug-likeness (QED) is 0.316. The second-order valence-electron chi connectivity index (χ2n) is 2.52. The van der Waals surface area contributed by atoms with Crippen LogP contribution in [0.15, 0.2) is 4.99 Å². The summed E-state index contributed by atoms with van der Waals surface area (Å²) in [7, 11) is 0. The number of nitrogens with zero attached hydrogens (tertiary/aromatic N) is 1. The van der Waals surface area contributed by atoms with E-state index in [1.165, 1.54) is 5.84 Å². The third kappa shape index (κ3) is 3.62. The molecule has 11 heavy (non-hydrogen) atoms. The van der Waals surface area contributed by atoms with Crippen LogP contribution in [-0.2, 0) is 0 Å². The predicted octanol–water partition coefficient (Wildman–Crippen LogP) is 0.245. The van der Waals surface area contributed by atoms with Crippen LogP contribution in [-0.4, -0.2) is 31.3 Å². The van der Waals surface area contributed by atoms with Gasteiger partial charge in [-0.25, -0.2) is 0 Å². The topological polar surface area (TPSA) is 36.4 Å². The van der Waals surface area contributed by atoms with Crippen LogP contribution < -0.4 is 10.6 Å². The Kier molecular flexibility index (Phi) is 4.38. The van der Waals surface area contributed by atoms with Crippen molar-refractivity contribution in [3.8, 4) is 0 Å². The molecule has 2 N–H and O–H groups in total. The van der Waals surface area contributed by atoms with Gasteiger partial charge in [-0.1, -0.05) is 0 Å². The smallest absolute Gasteiger partial charge is 0.0964 e. The molecule has 0 aliphatic carbocycles. The van der Waals surface area contributed by atoms with Crippen molar-refractivity contribution < 1.29 is 0 Å². The molecular formula is C7H15N3S. The first-order valence-electron chi connectivity index (χ1n) is 4.02. The molecule has 0 fully saturated rings. The average Bonchev–Trinajstić information content (AvgIpc) is 2.50. The minimum atomic E-state index is 0.764. The molecule has 0 spiro atoms. The fraction of sp³-hybridized carbons (Fsp3) is 0.857. The van der Waals surface area contributed by atoms with Crippen LogP contribution in [0.1, 0.15) is 12.8 Å². The minimum Gasteiger partial charge on any atom is -0.372 e. The molecule has 0 saturated carbocycles. The molecule has 1 aliphatic heterocycles. The van der Waals surface area contributed by atoms with Crippen LogP contribution in [0.25, 0.3) is 0 Å². The Morgan fingerprint density at radius 1 is 1.64 bits per heavy atom. The summed E-state index contributed by atoms with van der Waals surface area (Å²) in [6, 6.07) is 0. The minimum absolute atomic E-state index is 0.764. The molecule has 3 nitrogen and oxygen atoms in total. The van der Waals surface area contributed by atoms with Crippen LogP contribution in [0, 0.1) is 0 Å². The van der Waals surface area contributed by atoms with E-state index in [1.54, 1.807) is 0 Å². The van der Waals surface area contributed by atoms with Gasteiger partial charge in [-0.15, -0.1) is 0 Å². The number of hydrogen-bond acceptors (Lipinski definition) is 4. The van der Waals surface area contributed by atoms with Crippen molar-refractivity contribution in [3.63, 3.8) is 0 Å². The highest BCUT2D eigenvalue weighted by Crippen LogP contribution is 1.94. The van der Waals surface area contributed by atoms with Gasteiger partial charge in [-0.05, 0) is 13.0 Å². The van der Waals surface area contributed by atoms with Gasteiger partial charge < -0.3 is 10.6 Å². The Balaban J connectivity index is 1.94. The van der Waals surface area contributed by atoms with Crippen molar-refractivity contribution in [2.24, 2.45) is 4.99 Å². The number of nitrogens with one attached hydrogen (secondary N) is 2. The number of hydrogen-bond donors (Lipinski definition) is 3. The normalized spacial score (nSPS) is 16.3. The van der Waals surface area contributed by atoms with E-state index in [-0.39, 0.29) is 0 Å². The molecule has 1 aliphatic rings. The Bertz CT molecular complexity index is 136. The van der Waals surface area contributed by atoms with Gasteiger partial charge in [-0.3, -0.25) is 4.99 Å². The van der Waals surface area contributed by atoms with Gasteiger partial charge in [0.2, 0.25) is 0 Å². The molecule has 0 unspecified atom stereocenters. The van der Waals surface area contributed by atoms with Gasteiger partial charge >= 0.3 is 0 Å². The fourth-order valence-electron chi connectivity index (χ4n) is 1.07. The molecule has 1 heterocycles. The molecule has 4 heteroatoms. The zero-order valence-electron chi connectivity index (χ0n) is 6.64. The standard InChI is InChI=1S/C7H15N3S/c11-6-8-3-1-2-7-9-4-5-10-7/h8,11H,1-6H2,(H,9,10). The van der Waals surface area contributed by atoms with E-state index in [2.05, 4.69) is 28.3 Å². The Morgan fingerprint density at radius 2 is 2.55 bits per heavy atom. The van der Waals surface area contributed by atoms with Crippen molar-refractivity contribution in [1.82, 2.24) is 10.6 Å². The van der Waals surface area contributed by atoms with Crippen LogP contribution in [0.3, 0.4) is 0 Å². The molecule has 1 rings (SSSR count). The zero-order chi connectivity index (χ0) is 7.94. The maximum Gasteiger partial charge on any atom is 0.0964 e. The van der Waals surface area contributed by atoms with E-state index in [0.29, 0.717) is 0 Å². The molecule has 0 atom stereocenters. The van der Waals surface area contributed by atoms with Gasteiger partial charge in [0, 0.05) is 18.8 Å². The highest BCUT2D eigenvalue weighted by molar-refractivity contribution is 7.80. The predicted molar refractivity (Wildman–Crippen MR) is 51.4 cm³/mol. The van der Waals surface area contributed by atoms with Gasteiger partial charge in [0.15, 0.2) is 0 Å². The van der Waals surface area contributed by atoms with Crippen LogP contribution in [0.5, 0.6) is 0 Å². The van der Waals surface area contributed by atoms with Crippen molar-refractivity contribution in [2.75, 3.05) is 25.5 Å². The van der Waals surface area contributed by atoms with E-state index >= 15 is 0 Å². The molecule has 0 saturated heterocycles. The molecule has 0 aromatic heterocycles. The van der Waals surface area contributed by atoms with Crippen LogP contribution in [0.2, 0.25) is 0 Å². The van der Waals surface area contributed by atoms with Crippen LogP contribution >= 0.6 is 12.6 Å². The molecule has 0 amide bonds. The summed E-state index contributed by atoms with van der Waals surface area (Å²) in [5.74, 6) is 1.94. The third-order valence-electron chi connectivity index (χ3n) is 1.62. The lowest BCUT2D eigenvalue weighted by molar-refractivity contribution is 0.729. The summed E-state index contributed by atoms with van der Waals surface area (Å²) in [5, 5.41) is 6.39. The van der Waals surface area contributed by atoms with Gasteiger partial charge in [0.25, 0.3) is 0 Å². The Morgan fingerprint density at radius 3 is 3.18 bits per heavy atom. The monoisotopic (exact) mass is 173 g/mol. The summed E-state index contributed by atoms with van der Waals surface area (Å²) in [4.78, 5) is 4.29. The van der Waals surface area contributed by atoms with E-state index in [4.69, 9.17) is 0 Å². The zero-order valence-corrected chi connectivity index (χ0v) is 7.53. The number of rotatable bonds is 5. The van der Waals surface area contributed by atoms with E-state index in [0.717, 1.165) is 38.4 Å². The highest BCUT2D eigenvalue weighted by atomic mass is 32.1. The summed E-state index contributed by atoms with van der Waals surface area (Å²) < 4.78 is 0. The number of amidine groups is 1. The Hall–Kier alpha value is -0.220. The lowest BCUT2D eigenvalue weighted by Crippen LogP contribution is -2.20. The fourth-order valence-corrected chi connectivity index (χ4v) is 1.23. The molecule has 0 aromatic carbocycles.